The van der Waals surface area contributed by atoms with E-state index in [1.807, 2.05) is 61.2 Å². The number of hydrogen-bond donors (Lipinski definition) is 2. The molecule has 1 heterocycles. The number of hydrogen-bond acceptors (Lipinski definition) is 4. The zero-order valence-corrected chi connectivity index (χ0v) is 16.5. The van der Waals surface area contributed by atoms with Gasteiger partial charge in [0.2, 0.25) is 11.8 Å². The second-order valence-electron chi connectivity index (χ2n) is 6.81. The van der Waals surface area contributed by atoms with Crippen LogP contribution in [0.3, 0.4) is 0 Å². The normalized spacial score (nSPS) is 14.4. The average molecular weight is 384 g/mol. The maximum absolute atomic E-state index is 12.9. The molecule has 142 valence electrons. The minimum absolute atomic E-state index is 0.0229. The van der Waals surface area contributed by atoms with Crippen molar-refractivity contribution in [3.8, 4) is 0 Å². The molecule has 2 aromatic carbocycles. The minimum Gasteiger partial charge on any atom is -0.398 e. The summed E-state index contributed by atoms with van der Waals surface area (Å²) in [5.41, 5.74) is 10.7. The number of nitrogens with zero attached hydrogens (tertiary/aromatic N) is 1. The molecule has 0 bridgehead atoms. The number of nitrogen functional groups attached to an aromatic ring is 1. The Bertz CT molecular complexity index is 836. The number of fused-ring (bicyclic) bond motifs is 1. The van der Waals surface area contributed by atoms with Gasteiger partial charge in [-0.05, 0) is 56.5 Å². The molecule has 3 N–H and O–H groups in total. The highest BCUT2D eigenvalue weighted by Crippen LogP contribution is 2.32. The largest absolute Gasteiger partial charge is 0.398 e. The van der Waals surface area contributed by atoms with E-state index in [0.717, 1.165) is 41.0 Å². The summed E-state index contributed by atoms with van der Waals surface area (Å²) < 4.78 is 0. The standard InChI is InChI=1S/C21H25N3O2S/c1-14-8-10-16(11-9-14)23-20(25)13-27-15(2)21(26)24-12-4-5-17-18(22)6-3-7-19(17)24/h3,6-11,15H,4-5,12-13,22H2,1-2H3,(H,23,25). The molecule has 0 aliphatic carbocycles. The molecule has 2 amide bonds. The lowest BCUT2D eigenvalue weighted by Gasteiger charge is -2.32. The van der Waals surface area contributed by atoms with Crippen molar-refractivity contribution in [1.29, 1.82) is 0 Å². The first-order chi connectivity index (χ1) is 13.0. The highest BCUT2D eigenvalue weighted by molar-refractivity contribution is 8.01. The van der Waals surface area contributed by atoms with Crippen molar-refractivity contribution in [1.82, 2.24) is 0 Å². The number of carbonyl (C=O) groups excluding carboxylic acids is 2. The zero-order chi connectivity index (χ0) is 19.4. The predicted molar refractivity (Wildman–Crippen MR) is 113 cm³/mol. The van der Waals surface area contributed by atoms with E-state index >= 15 is 0 Å². The summed E-state index contributed by atoms with van der Waals surface area (Å²) in [6.07, 6.45) is 1.80. The predicted octanol–water partition coefficient (Wildman–Crippen LogP) is 3.62. The number of amides is 2. The van der Waals surface area contributed by atoms with Gasteiger partial charge in [-0.1, -0.05) is 23.8 Å². The van der Waals surface area contributed by atoms with Gasteiger partial charge in [0.05, 0.1) is 11.0 Å². The van der Waals surface area contributed by atoms with E-state index in [1.54, 1.807) is 0 Å². The van der Waals surface area contributed by atoms with Gasteiger partial charge in [0, 0.05) is 23.6 Å². The Kier molecular flexibility index (Phi) is 6.06. The lowest BCUT2D eigenvalue weighted by Crippen LogP contribution is -2.40. The molecule has 2 aromatic rings. The molecule has 6 heteroatoms. The first-order valence-electron chi connectivity index (χ1n) is 9.12. The quantitative estimate of drug-likeness (QED) is 0.774. The monoisotopic (exact) mass is 383 g/mol. The van der Waals surface area contributed by atoms with Crippen LogP contribution in [0.5, 0.6) is 0 Å². The van der Waals surface area contributed by atoms with Gasteiger partial charge in [0.1, 0.15) is 0 Å². The molecule has 0 fully saturated rings. The third-order valence-electron chi connectivity index (χ3n) is 4.70. The molecule has 1 atom stereocenters. The summed E-state index contributed by atoms with van der Waals surface area (Å²) >= 11 is 1.35. The molecule has 5 nitrogen and oxygen atoms in total. The number of benzene rings is 2. The summed E-state index contributed by atoms with van der Waals surface area (Å²) in [6.45, 7) is 4.55. The molecule has 0 saturated carbocycles. The fraction of sp³-hybridized carbons (Fsp3) is 0.333. The number of nitrogens with one attached hydrogen (secondary N) is 1. The Hall–Kier alpha value is -2.47. The van der Waals surface area contributed by atoms with Gasteiger partial charge in [-0.15, -0.1) is 11.8 Å². The summed E-state index contributed by atoms with van der Waals surface area (Å²) in [5, 5.41) is 2.56. The first kappa shape index (κ1) is 19.3. The molecule has 0 saturated heterocycles. The number of nitrogens with two attached hydrogens (primary N) is 1. The fourth-order valence-electron chi connectivity index (χ4n) is 3.21. The van der Waals surface area contributed by atoms with Crippen LogP contribution in [0.4, 0.5) is 17.1 Å². The van der Waals surface area contributed by atoms with Gasteiger partial charge in [-0.25, -0.2) is 0 Å². The average Bonchev–Trinajstić information content (AvgIpc) is 2.67. The van der Waals surface area contributed by atoms with Crippen LogP contribution in [0, 0.1) is 6.92 Å². The van der Waals surface area contributed by atoms with E-state index in [9.17, 15) is 9.59 Å². The Morgan fingerprint density at radius 2 is 1.96 bits per heavy atom. The van der Waals surface area contributed by atoms with Crippen LogP contribution >= 0.6 is 11.8 Å². The van der Waals surface area contributed by atoms with Gasteiger partial charge >= 0.3 is 0 Å². The molecule has 0 spiro atoms. The van der Waals surface area contributed by atoms with Crippen LogP contribution in [0.1, 0.15) is 24.5 Å². The van der Waals surface area contributed by atoms with Crippen LogP contribution in [0.15, 0.2) is 42.5 Å². The van der Waals surface area contributed by atoms with Crippen LogP contribution < -0.4 is 16.0 Å². The SMILES string of the molecule is Cc1ccc(NC(=O)CSC(C)C(=O)N2CCCc3c(N)cccc32)cc1. The maximum Gasteiger partial charge on any atom is 0.239 e. The van der Waals surface area contributed by atoms with E-state index in [0.29, 0.717) is 6.54 Å². The first-order valence-corrected chi connectivity index (χ1v) is 10.2. The lowest BCUT2D eigenvalue weighted by molar-refractivity contribution is -0.117. The van der Waals surface area contributed by atoms with E-state index in [2.05, 4.69) is 5.32 Å². The van der Waals surface area contributed by atoms with Crippen LogP contribution in [-0.4, -0.2) is 29.4 Å². The van der Waals surface area contributed by atoms with Crippen LogP contribution in [-0.2, 0) is 16.0 Å². The molecule has 3 rings (SSSR count). The van der Waals surface area contributed by atoms with E-state index in [4.69, 9.17) is 5.73 Å². The molecule has 1 aliphatic rings. The zero-order valence-electron chi connectivity index (χ0n) is 15.7. The molecule has 27 heavy (non-hydrogen) atoms. The van der Waals surface area contributed by atoms with Crippen molar-refractivity contribution in [3.05, 3.63) is 53.6 Å². The summed E-state index contributed by atoms with van der Waals surface area (Å²) in [6, 6.07) is 13.4. The van der Waals surface area contributed by atoms with E-state index in [1.165, 1.54) is 11.8 Å². The number of thioether (sulfide) groups is 1. The van der Waals surface area contributed by atoms with Crippen molar-refractivity contribution < 1.29 is 9.59 Å². The van der Waals surface area contributed by atoms with Crippen LogP contribution in [0.2, 0.25) is 0 Å². The Morgan fingerprint density at radius 1 is 1.22 bits per heavy atom. The van der Waals surface area contributed by atoms with E-state index < -0.39 is 0 Å². The number of aryl methyl sites for hydroxylation is 1. The number of carbonyl (C=O) groups is 2. The van der Waals surface area contributed by atoms with Crippen molar-refractivity contribution in [3.63, 3.8) is 0 Å². The fourth-order valence-corrected chi connectivity index (χ4v) is 3.95. The van der Waals surface area contributed by atoms with Crippen molar-refractivity contribution in [2.75, 3.05) is 28.2 Å². The molecule has 0 radical (unpaired) electrons. The van der Waals surface area contributed by atoms with Crippen molar-refractivity contribution >= 4 is 40.6 Å². The van der Waals surface area contributed by atoms with Gasteiger partial charge in [-0.3, -0.25) is 9.59 Å². The number of anilines is 3. The van der Waals surface area contributed by atoms with Crippen LogP contribution in [0.25, 0.3) is 0 Å². The Labute approximate surface area is 164 Å². The summed E-state index contributed by atoms with van der Waals surface area (Å²) in [7, 11) is 0. The second-order valence-corrected chi connectivity index (χ2v) is 8.13. The highest BCUT2D eigenvalue weighted by Gasteiger charge is 2.27. The highest BCUT2D eigenvalue weighted by atomic mass is 32.2. The lowest BCUT2D eigenvalue weighted by atomic mass is 9.99. The third kappa shape index (κ3) is 4.63. The summed E-state index contributed by atoms with van der Waals surface area (Å²) in [4.78, 5) is 26.9. The maximum atomic E-state index is 12.9. The molecular formula is C21H25N3O2S. The van der Waals surface area contributed by atoms with Gasteiger partial charge in [-0.2, -0.15) is 0 Å². The molecular weight excluding hydrogens is 358 g/mol. The van der Waals surface area contributed by atoms with E-state index in [-0.39, 0.29) is 22.8 Å². The smallest absolute Gasteiger partial charge is 0.239 e. The van der Waals surface area contributed by atoms with Gasteiger partial charge in [0.15, 0.2) is 0 Å². The number of rotatable bonds is 5. The Morgan fingerprint density at radius 3 is 2.70 bits per heavy atom. The van der Waals surface area contributed by atoms with Gasteiger partial charge < -0.3 is 16.0 Å². The summed E-state index contributed by atoms with van der Waals surface area (Å²) in [5.74, 6) is 0.153. The second kappa shape index (κ2) is 8.48. The topological polar surface area (TPSA) is 75.4 Å². The van der Waals surface area contributed by atoms with Crippen molar-refractivity contribution in [2.24, 2.45) is 0 Å². The molecule has 1 unspecified atom stereocenters. The Balaban J connectivity index is 1.58. The van der Waals surface area contributed by atoms with Gasteiger partial charge in [0.25, 0.3) is 0 Å². The molecule has 0 aromatic heterocycles. The minimum atomic E-state index is -0.304. The molecule has 1 aliphatic heterocycles. The van der Waals surface area contributed by atoms with Crippen molar-refractivity contribution in [2.45, 2.75) is 31.9 Å². The third-order valence-corrected chi connectivity index (χ3v) is 5.83.